The highest BCUT2D eigenvalue weighted by Gasteiger charge is 2.28. The van der Waals surface area contributed by atoms with Gasteiger partial charge in [-0.05, 0) is 63.7 Å². The summed E-state index contributed by atoms with van der Waals surface area (Å²) in [5.41, 5.74) is 3.08. The van der Waals surface area contributed by atoms with Crippen LogP contribution < -0.4 is 10.2 Å². The molecule has 0 unspecified atom stereocenters. The molecule has 0 aliphatic carbocycles. The van der Waals surface area contributed by atoms with Gasteiger partial charge in [0.2, 0.25) is 0 Å². The van der Waals surface area contributed by atoms with Gasteiger partial charge in [0.1, 0.15) is 0 Å². The van der Waals surface area contributed by atoms with E-state index < -0.39 is 0 Å². The van der Waals surface area contributed by atoms with Crippen molar-refractivity contribution < 1.29 is 0 Å². The van der Waals surface area contributed by atoms with Crippen LogP contribution >= 0.6 is 23.8 Å². The number of nitrogens with zero attached hydrogens (tertiary/aromatic N) is 1. The van der Waals surface area contributed by atoms with Gasteiger partial charge >= 0.3 is 0 Å². The van der Waals surface area contributed by atoms with E-state index in [1.165, 1.54) is 0 Å². The minimum Gasteiger partial charge on any atom is -0.354 e. The minimum absolute atomic E-state index is 0.107. The molecule has 1 heterocycles. The molecule has 1 aromatic carbocycles. The van der Waals surface area contributed by atoms with Crippen LogP contribution in [0, 0.1) is 6.92 Å². The first-order valence-corrected chi connectivity index (χ1v) is 6.67. The molecule has 0 saturated carbocycles. The maximum atomic E-state index is 6.17. The van der Waals surface area contributed by atoms with Gasteiger partial charge in [0.15, 0.2) is 5.11 Å². The average Bonchev–Trinajstić information content (AvgIpc) is 2.21. The molecule has 1 N–H and O–H groups in total. The van der Waals surface area contributed by atoms with Gasteiger partial charge in [0.25, 0.3) is 0 Å². The van der Waals surface area contributed by atoms with E-state index >= 15 is 0 Å². The normalized spacial score (nSPS) is 18.4. The Kier molecular flexibility index (Phi) is 3.39. The number of nitrogens with one attached hydrogen (secondary N) is 1. The Morgan fingerprint density at radius 1 is 1.28 bits per heavy atom. The molecule has 0 bridgehead atoms. The second kappa shape index (κ2) is 4.56. The van der Waals surface area contributed by atoms with E-state index in [4.69, 9.17) is 23.8 Å². The molecule has 18 heavy (non-hydrogen) atoms. The number of thiocarbonyl (C=S) groups is 1. The molecule has 0 atom stereocenters. The highest BCUT2D eigenvalue weighted by atomic mass is 35.5. The molecule has 0 radical (unpaired) electrons. The molecule has 0 saturated heterocycles. The van der Waals surface area contributed by atoms with Crippen LogP contribution in [0.4, 0.5) is 5.69 Å². The van der Waals surface area contributed by atoms with Crippen LogP contribution in [0.25, 0.3) is 0 Å². The largest absolute Gasteiger partial charge is 0.354 e. The van der Waals surface area contributed by atoms with Crippen molar-refractivity contribution in [1.82, 2.24) is 5.32 Å². The molecular weight excluding hydrogens is 264 g/mol. The van der Waals surface area contributed by atoms with Crippen molar-refractivity contribution in [2.75, 3.05) is 4.90 Å². The summed E-state index contributed by atoms with van der Waals surface area (Å²) < 4.78 is 0. The number of rotatable bonds is 1. The zero-order valence-electron chi connectivity index (χ0n) is 11.0. The first-order valence-electron chi connectivity index (χ1n) is 5.89. The second-order valence-corrected chi connectivity index (χ2v) is 5.95. The number of halogens is 1. The monoisotopic (exact) mass is 280 g/mol. The smallest absolute Gasteiger partial charge is 0.178 e. The lowest BCUT2D eigenvalue weighted by Crippen LogP contribution is -2.53. The van der Waals surface area contributed by atoms with Crippen LogP contribution in [0.1, 0.15) is 26.3 Å². The molecule has 4 heteroatoms. The van der Waals surface area contributed by atoms with Crippen molar-refractivity contribution in [3.63, 3.8) is 0 Å². The number of allylic oxidation sites excluding steroid dienone is 1. The molecule has 0 amide bonds. The first kappa shape index (κ1) is 13.4. The molecule has 0 spiro atoms. The van der Waals surface area contributed by atoms with Crippen LogP contribution in [0.5, 0.6) is 0 Å². The summed E-state index contributed by atoms with van der Waals surface area (Å²) in [4.78, 5) is 2.03. The lowest BCUT2D eigenvalue weighted by atomic mass is 10.0. The zero-order valence-corrected chi connectivity index (χ0v) is 12.6. The summed E-state index contributed by atoms with van der Waals surface area (Å²) in [7, 11) is 0. The molecule has 0 fully saturated rings. The summed E-state index contributed by atoms with van der Waals surface area (Å²) in [5, 5.41) is 4.79. The lowest BCUT2D eigenvalue weighted by molar-refractivity contribution is 0.559. The molecule has 1 aliphatic heterocycles. The van der Waals surface area contributed by atoms with Crippen molar-refractivity contribution in [3.8, 4) is 0 Å². The van der Waals surface area contributed by atoms with E-state index in [0.717, 1.165) is 22.0 Å². The number of anilines is 1. The third kappa shape index (κ3) is 2.38. The van der Waals surface area contributed by atoms with E-state index in [1.807, 2.05) is 30.0 Å². The van der Waals surface area contributed by atoms with Crippen molar-refractivity contribution >= 4 is 34.6 Å². The Labute approximate surface area is 119 Å². The number of hydrogen-bond acceptors (Lipinski definition) is 1. The lowest BCUT2D eigenvalue weighted by Gasteiger charge is -2.38. The van der Waals surface area contributed by atoms with Gasteiger partial charge in [0, 0.05) is 10.7 Å². The Morgan fingerprint density at radius 2 is 1.94 bits per heavy atom. The van der Waals surface area contributed by atoms with E-state index in [2.05, 4.69) is 32.2 Å². The maximum absolute atomic E-state index is 6.17. The summed E-state index contributed by atoms with van der Waals surface area (Å²) in [6, 6.07) is 5.87. The van der Waals surface area contributed by atoms with Crippen LogP contribution in [0.2, 0.25) is 5.02 Å². The zero-order chi connectivity index (χ0) is 13.5. The minimum atomic E-state index is -0.107. The fraction of sp³-hybridized carbons (Fsp3) is 0.357. The molecule has 2 rings (SSSR count). The van der Waals surface area contributed by atoms with Gasteiger partial charge in [-0.15, -0.1) is 0 Å². The summed E-state index contributed by atoms with van der Waals surface area (Å²) in [6.45, 7) is 8.28. The predicted octanol–water partition coefficient (Wildman–Crippen LogP) is 4.03. The van der Waals surface area contributed by atoms with E-state index in [9.17, 15) is 0 Å². The Hall–Kier alpha value is -1.06. The van der Waals surface area contributed by atoms with E-state index in [1.54, 1.807) is 0 Å². The van der Waals surface area contributed by atoms with Crippen LogP contribution in [-0.4, -0.2) is 10.7 Å². The van der Waals surface area contributed by atoms with Crippen molar-refractivity contribution in [3.05, 3.63) is 40.6 Å². The Bertz CT molecular complexity index is 535. The SMILES string of the molecule is CC1=CC(C)(C)NC(=S)N1c1cccc(Cl)c1C. The predicted molar refractivity (Wildman–Crippen MR) is 82.2 cm³/mol. The quantitative estimate of drug-likeness (QED) is 0.782. The van der Waals surface area contributed by atoms with Gasteiger partial charge in [-0.3, -0.25) is 4.90 Å². The van der Waals surface area contributed by atoms with Crippen molar-refractivity contribution in [1.29, 1.82) is 0 Å². The molecule has 1 aromatic rings. The molecule has 0 aromatic heterocycles. The summed E-state index contributed by atoms with van der Waals surface area (Å²) >= 11 is 11.6. The van der Waals surface area contributed by atoms with Gasteiger partial charge in [-0.2, -0.15) is 0 Å². The molecular formula is C14H17ClN2S. The van der Waals surface area contributed by atoms with Crippen molar-refractivity contribution in [2.45, 2.75) is 33.2 Å². The van der Waals surface area contributed by atoms with Gasteiger partial charge in [0.05, 0.1) is 11.2 Å². The summed E-state index contributed by atoms with van der Waals surface area (Å²) in [5.74, 6) is 0. The highest BCUT2D eigenvalue weighted by molar-refractivity contribution is 7.80. The van der Waals surface area contributed by atoms with Gasteiger partial charge in [-0.25, -0.2) is 0 Å². The maximum Gasteiger partial charge on any atom is 0.178 e. The standard InChI is InChI=1S/C14H17ClN2S/c1-9-8-14(3,4)16-13(18)17(9)12-7-5-6-11(15)10(12)2/h5-8H,1-4H3,(H,16,18). The van der Waals surface area contributed by atoms with Crippen LogP contribution in [-0.2, 0) is 0 Å². The Morgan fingerprint density at radius 3 is 2.56 bits per heavy atom. The van der Waals surface area contributed by atoms with E-state index in [-0.39, 0.29) is 5.54 Å². The van der Waals surface area contributed by atoms with E-state index in [0.29, 0.717) is 5.11 Å². The van der Waals surface area contributed by atoms with Gasteiger partial charge in [-0.1, -0.05) is 17.7 Å². The molecule has 96 valence electrons. The highest BCUT2D eigenvalue weighted by Crippen LogP contribution is 2.31. The third-order valence-corrected chi connectivity index (χ3v) is 3.73. The molecule has 2 nitrogen and oxygen atoms in total. The Balaban J connectivity index is 2.51. The second-order valence-electron chi connectivity index (χ2n) is 5.16. The first-order chi connectivity index (χ1) is 8.32. The number of hydrogen-bond donors (Lipinski definition) is 1. The average molecular weight is 281 g/mol. The van der Waals surface area contributed by atoms with Crippen LogP contribution in [0.3, 0.4) is 0 Å². The third-order valence-electron chi connectivity index (χ3n) is 3.03. The fourth-order valence-electron chi connectivity index (χ4n) is 2.25. The van der Waals surface area contributed by atoms with Crippen LogP contribution in [0.15, 0.2) is 30.0 Å². The van der Waals surface area contributed by atoms with Crippen molar-refractivity contribution in [2.24, 2.45) is 0 Å². The molecule has 1 aliphatic rings. The summed E-state index contributed by atoms with van der Waals surface area (Å²) in [6.07, 6.45) is 2.17. The topological polar surface area (TPSA) is 15.3 Å². The fourth-order valence-corrected chi connectivity index (χ4v) is 2.93. The number of benzene rings is 1. The van der Waals surface area contributed by atoms with Gasteiger partial charge < -0.3 is 5.32 Å².